The summed E-state index contributed by atoms with van der Waals surface area (Å²) in [7, 11) is -4.59. The Labute approximate surface area is 97.8 Å². The molecule has 0 aliphatic carbocycles. The average molecular weight is 261 g/mol. The Hall–Kier alpha value is -1.64. The SMILES string of the molecule is N[C@@H](Cc1cccc(OS(=O)(=O)O)c1)C(=O)O. The first kappa shape index (κ1) is 13.4. The number of benzene rings is 1. The molecule has 0 amide bonds. The molecule has 17 heavy (non-hydrogen) atoms. The fraction of sp³-hybridized carbons (Fsp3) is 0.222. The van der Waals surface area contributed by atoms with Gasteiger partial charge in [0.2, 0.25) is 0 Å². The van der Waals surface area contributed by atoms with E-state index >= 15 is 0 Å². The zero-order valence-corrected chi connectivity index (χ0v) is 9.42. The van der Waals surface area contributed by atoms with E-state index in [2.05, 4.69) is 4.18 Å². The molecule has 4 N–H and O–H groups in total. The third-order valence-corrected chi connectivity index (χ3v) is 2.28. The Kier molecular flexibility index (Phi) is 4.05. The highest BCUT2D eigenvalue weighted by Gasteiger charge is 2.13. The zero-order chi connectivity index (χ0) is 13.1. The first-order valence-electron chi connectivity index (χ1n) is 4.52. The molecular weight excluding hydrogens is 250 g/mol. The quantitative estimate of drug-likeness (QED) is 0.627. The molecule has 1 aromatic rings. The Morgan fingerprint density at radius 2 is 2.12 bits per heavy atom. The van der Waals surface area contributed by atoms with Crippen molar-refractivity contribution in [1.29, 1.82) is 0 Å². The minimum absolute atomic E-state index is 0.0258. The first-order chi connectivity index (χ1) is 7.78. The van der Waals surface area contributed by atoms with Crippen LogP contribution < -0.4 is 9.92 Å². The van der Waals surface area contributed by atoms with Crippen molar-refractivity contribution in [3.8, 4) is 5.75 Å². The van der Waals surface area contributed by atoms with Gasteiger partial charge >= 0.3 is 16.4 Å². The maximum atomic E-state index is 10.5. The molecule has 1 rings (SSSR count). The normalized spacial score (nSPS) is 13.1. The number of carbonyl (C=O) groups is 1. The average Bonchev–Trinajstić information content (AvgIpc) is 2.15. The van der Waals surface area contributed by atoms with Crippen LogP contribution in [0.15, 0.2) is 24.3 Å². The van der Waals surface area contributed by atoms with Gasteiger partial charge in [-0.05, 0) is 24.1 Å². The van der Waals surface area contributed by atoms with E-state index in [0.29, 0.717) is 5.56 Å². The molecule has 0 aromatic heterocycles. The van der Waals surface area contributed by atoms with E-state index in [-0.39, 0.29) is 12.2 Å². The Bertz CT molecular complexity index is 512. The number of carboxylic acids is 1. The molecule has 0 fully saturated rings. The van der Waals surface area contributed by atoms with Crippen molar-refractivity contribution in [1.82, 2.24) is 0 Å². The van der Waals surface area contributed by atoms with Crippen molar-refractivity contribution in [3.63, 3.8) is 0 Å². The van der Waals surface area contributed by atoms with Gasteiger partial charge in [-0.3, -0.25) is 9.35 Å². The third kappa shape index (κ3) is 4.81. The molecule has 0 saturated carbocycles. The van der Waals surface area contributed by atoms with Crippen LogP contribution in [0.1, 0.15) is 5.56 Å². The Morgan fingerprint density at radius 3 is 2.65 bits per heavy atom. The second-order valence-electron chi connectivity index (χ2n) is 3.31. The maximum absolute atomic E-state index is 10.5. The highest BCUT2D eigenvalue weighted by molar-refractivity contribution is 7.81. The second kappa shape index (κ2) is 5.13. The molecule has 0 radical (unpaired) electrons. The number of hydrogen-bond acceptors (Lipinski definition) is 5. The molecule has 0 spiro atoms. The lowest BCUT2D eigenvalue weighted by Crippen LogP contribution is -2.32. The highest BCUT2D eigenvalue weighted by Crippen LogP contribution is 2.15. The van der Waals surface area contributed by atoms with Crippen LogP contribution in [0.3, 0.4) is 0 Å². The predicted octanol–water partition coefficient (Wildman–Crippen LogP) is -0.177. The molecule has 0 aliphatic rings. The van der Waals surface area contributed by atoms with Crippen LogP contribution in [-0.2, 0) is 21.6 Å². The minimum atomic E-state index is -4.59. The molecule has 94 valence electrons. The number of aliphatic carboxylic acids is 1. The summed E-state index contributed by atoms with van der Waals surface area (Å²) < 4.78 is 33.6. The molecule has 0 saturated heterocycles. The zero-order valence-electron chi connectivity index (χ0n) is 8.61. The number of rotatable bonds is 5. The van der Waals surface area contributed by atoms with Crippen LogP contribution in [0.25, 0.3) is 0 Å². The standard InChI is InChI=1S/C9H11NO6S/c10-8(9(11)12)5-6-2-1-3-7(4-6)16-17(13,14)15/h1-4,8H,5,10H2,(H,11,12)(H,13,14,15)/t8-/m0/s1. The van der Waals surface area contributed by atoms with E-state index in [1.54, 1.807) is 6.07 Å². The van der Waals surface area contributed by atoms with Gasteiger partial charge in [0.1, 0.15) is 11.8 Å². The Morgan fingerprint density at radius 1 is 1.47 bits per heavy atom. The monoisotopic (exact) mass is 261 g/mol. The van der Waals surface area contributed by atoms with Gasteiger partial charge in [-0.15, -0.1) is 0 Å². The number of hydrogen-bond donors (Lipinski definition) is 3. The fourth-order valence-corrected chi connectivity index (χ4v) is 1.53. The molecule has 0 aliphatic heterocycles. The van der Waals surface area contributed by atoms with Crippen molar-refractivity contribution in [3.05, 3.63) is 29.8 Å². The van der Waals surface area contributed by atoms with Crippen LogP contribution in [0, 0.1) is 0 Å². The first-order valence-corrected chi connectivity index (χ1v) is 5.88. The lowest BCUT2D eigenvalue weighted by Gasteiger charge is -2.07. The summed E-state index contributed by atoms with van der Waals surface area (Å²) in [6.07, 6.45) is 0.0258. The third-order valence-electron chi connectivity index (χ3n) is 1.87. The van der Waals surface area contributed by atoms with Gasteiger partial charge in [0.15, 0.2) is 0 Å². The molecule has 1 aromatic carbocycles. The summed E-state index contributed by atoms with van der Waals surface area (Å²) in [5, 5.41) is 8.61. The van der Waals surface area contributed by atoms with Gasteiger partial charge in [-0.1, -0.05) is 12.1 Å². The molecule has 8 heteroatoms. The van der Waals surface area contributed by atoms with E-state index in [1.807, 2.05) is 0 Å². The van der Waals surface area contributed by atoms with E-state index in [0.717, 1.165) is 0 Å². The largest absolute Gasteiger partial charge is 0.480 e. The molecule has 0 heterocycles. The maximum Gasteiger partial charge on any atom is 0.446 e. The lowest BCUT2D eigenvalue weighted by molar-refractivity contribution is -0.138. The number of nitrogens with two attached hydrogens (primary N) is 1. The second-order valence-corrected chi connectivity index (χ2v) is 4.33. The van der Waals surface area contributed by atoms with Crippen molar-refractivity contribution in [2.24, 2.45) is 5.73 Å². The summed E-state index contributed by atoms with van der Waals surface area (Å²) in [5.41, 5.74) is 5.80. The molecule has 1 atom stereocenters. The van der Waals surface area contributed by atoms with E-state index in [9.17, 15) is 13.2 Å². The van der Waals surface area contributed by atoms with Crippen molar-refractivity contribution < 1.29 is 27.1 Å². The van der Waals surface area contributed by atoms with Crippen LogP contribution >= 0.6 is 0 Å². The molecule has 0 unspecified atom stereocenters. The van der Waals surface area contributed by atoms with Crippen LogP contribution in [0.4, 0.5) is 0 Å². The van der Waals surface area contributed by atoms with Crippen LogP contribution in [0.2, 0.25) is 0 Å². The number of carboxylic acid groups (broad SMARTS) is 1. The summed E-state index contributed by atoms with van der Waals surface area (Å²) >= 11 is 0. The Balaban J connectivity index is 2.83. The van der Waals surface area contributed by atoms with Gasteiger partial charge < -0.3 is 15.0 Å². The lowest BCUT2D eigenvalue weighted by atomic mass is 10.1. The van der Waals surface area contributed by atoms with E-state index < -0.39 is 22.4 Å². The van der Waals surface area contributed by atoms with Crippen LogP contribution in [-0.4, -0.2) is 30.1 Å². The van der Waals surface area contributed by atoms with Gasteiger partial charge in [0, 0.05) is 0 Å². The highest BCUT2D eigenvalue weighted by atomic mass is 32.3. The molecule has 0 bridgehead atoms. The van der Waals surface area contributed by atoms with Crippen LogP contribution in [0.5, 0.6) is 5.75 Å². The summed E-state index contributed by atoms with van der Waals surface area (Å²) in [5.74, 6) is -1.27. The summed E-state index contributed by atoms with van der Waals surface area (Å²) in [6.45, 7) is 0. The minimum Gasteiger partial charge on any atom is -0.480 e. The van der Waals surface area contributed by atoms with Gasteiger partial charge in [0.25, 0.3) is 0 Å². The van der Waals surface area contributed by atoms with E-state index in [1.165, 1.54) is 18.2 Å². The van der Waals surface area contributed by atoms with Gasteiger partial charge in [-0.2, -0.15) is 8.42 Å². The summed E-state index contributed by atoms with van der Waals surface area (Å²) in [6, 6.07) is 4.54. The van der Waals surface area contributed by atoms with Gasteiger partial charge in [-0.25, -0.2) is 0 Å². The van der Waals surface area contributed by atoms with Gasteiger partial charge in [0.05, 0.1) is 0 Å². The fourth-order valence-electron chi connectivity index (χ4n) is 1.19. The smallest absolute Gasteiger partial charge is 0.446 e. The van der Waals surface area contributed by atoms with Crippen molar-refractivity contribution in [2.75, 3.05) is 0 Å². The van der Waals surface area contributed by atoms with Crippen molar-refractivity contribution >= 4 is 16.4 Å². The molecule has 7 nitrogen and oxygen atoms in total. The van der Waals surface area contributed by atoms with E-state index in [4.69, 9.17) is 15.4 Å². The predicted molar refractivity (Wildman–Crippen MR) is 57.9 cm³/mol. The molecular formula is C9H11NO6S. The van der Waals surface area contributed by atoms with Crippen molar-refractivity contribution in [2.45, 2.75) is 12.5 Å². The summed E-state index contributed by atoms with van der Waals surface area (Å²) in [4.78, 5) is 10.5. The topological polar surface area (TPSA) is 127 Å².